The van der Waals surface area contributed by atoms with Crippen molar-refractivity contribution < 1.29 is 31.6 Å². The topological polar surface area (TPSA) is 114 Å². The molecule has 41 heavy (non-hydrogen) atoms. The van der Waals surface area contributed by atoms with Gasteiger partial charge in [0.05, 0.1) is 29.9 Å². The van der Waals surface area contributed by atoms with E-state index < -0.39 is 29.2 Å². The molecule has 8 nitrogen and oxygen atoms in total. The van der Waals surface area contributed by atoms with Crippen LogP contribution >= 0.6 is 0 Å². The smallest absolute Gasteiger partial charge is 0.420 e. The zero-order valence-corrected chi connectivity index (χ0v) is 21.8. The van der Waals surface area contributed by atoms with Gasteiger partial charge in [-0.1, -0.05) is 0 Å². The minimum Gasteiger partial charge on any atom is -0.459 e. The van der Waals surface area contributed by atoms with Crippen LogP contribution in [-0.2, 0) is 17.5 Å². The fourth-order valence-corrected chi connectivity index (χ4v) is 4.54. The highest BCUT2D eigenvalue weighted by molar-refractivity contribution is 5.95. The van der Waals surface area contributed by atoms with Crippen molar-refractivity contribution in [3.8, 4) is 11.3 Å². The van der Waals surface area contributed by atoms with E-state index in [0.717, 1.165) is 6.07 Å². The zero-order chi connectivity index (χ0) is 29.4. The molecule has 12 heteroatoms. The standard InChI is InChI=1S/C29H25F4N5O3/c1-28(30)8-9-38(16-28)27(40)18-4-5-23(35-14-18)19-10-20-11-21(41-26(20)22(12-19)29(31,32)33)15-37-25(39)7-3-17-2-6-24(34)36-13-17/h2-7,10-14H,8-9,15-16H2,1H3,(H2,34,36)(H,37,39)/t28-/m0/s1. The summed E-state index contributed by atoms with van der Waals surface area (Å²) in [6.45, 7) is 1.54. The second-order valence-electron chi connectivity index (χ2n) is 10.0. The molecule has 1 saturated heterocycles. The molecular formula is C29H25F4N5O3. The zero-order valence-electron chi connectivity index (χ0n) is 21.8. The summed E-state index contributed by atoms with van der Waals surface area (Å²) in [5.74, 6) is -0.413. The molecule has 5 rings (SSSR count). The fourth-order valence-electron chi connectivity index (χ4n) is 4.54. The Kier molecular flexibility index (Phi) is 7.24. The molecule has 0 aliphatic carbocycles. The first-order valence-electron chi connectivity index (χ1n) is 12.6. The maximum atomic E-state index is 14.1. The molecule has 1 fully saturated rings. The number of likely N-dealkylation sites (tertiary alicyclic amines) is 1. The van der Waals surface area contributed by atoms with E-state index in [4.69, 9.17) is 10.2 Å². The molecule has 0 saturated carbocycles. The molecule has 1 aliphatic heterocycles. The van der Waals surface area contributed by atoms with E-state index in [2.05, 4.69) is 15.3 Å². The van der Waals surface area contributed by atoms with Gasteiger partial charge in [-0.05, 0) is 61.0 Å². The Morgan fingerprint density at radius 2 is 1.95 bits per heavy atom. The predicted octanol–water partition coefficient (Wildman–Crippen LogP) is 5.39. The van der Waals surface area contributed by atoms with Crippen molar-refractivity contribution in [2.45, 2.75) is 31.7 Å². The number of nitrogens with two attached hydrogens (primary N) is 1. The predicted molar refractivity (Wildman–Crippen MR) is 144 cm³/mol. The number of carbonyl (C=O) groups excluding carboxylic acids is 2. The monoisotopic (exact) mass is 567 g/mol. The molecule has 2 amide bonds. The number of nitrogen functional groups attached to an aromatic ring is 1. The van der Waals surface area contributed by atoms with Gasteiger partial charge >= 0.3 is 6.18 Å². The van der Waals surface area contributed by atoms with Gasteiger partial charge in [0, 0.05) is 42.4 Å². The average Bonchev–Trinajstić information content (AvgIpc) is 3.52. The van der Waals surface area contributed by atoms with Gasteiger partial charge in [-0.25, -0.2) is 9.37 Å². The highest BCUT2D eigenvalue weighted by Crippen LogP contribution is 2.39. The number of amides is 2. The van der Waals surface area contributed by atoms with E-state index in [1.165, 1.54) is 60.6 Å². The molecule has 4 aromatic rings. The van der Waals surface area contributed by atoms with Crippen LogP contribution in [0.4, 0.5) is 23.4 Å². The number of halogens is 4. The van der Waals surface area contributed by atoms with Crippen molar-refractivity contribution in [2.24, 2.45) is 0 Å². The Bertz CT molecular complexity index is 1630. The number of aromatic nitrogens is 2. The third-order valence-electron chi connectivity index (χ3n) is 6.66. The summed E-state index contributed by atoms with van der Waals surface area (Å²) in [5.41, 5.74) is 3.94. The maximum absolute atomic E-state index is 14.1. The molecule has 212 valence electrons. The number of carbonyl (C=O) groups is 2. The Morgan fingerprint density at radius 3 is 2.59 bits per heavy atom. The number of anilines is 1. The van der Waals surface area contributed by atoms with Crippen LogP contribution < -0.4 is 11.1 Å². The van der Waals surface area contributed by atoms with Crippen molar-refractivity contribution in [2.75, 3.05) is 18.8 Å². The first-order valence-corrected chi connectivity index (χ1v) is 12.6. The lowest BCUT2D eigenvalue weighted by Gasteiger charge is -2.17. The Labute approximate surface area is 231 Å². The van der Waals surface area contributed by atoms with Crippen molar-refractivity contribution in [1.82, 2.24) is 20.2 Å². The van der Waals surface area contributed by atoms with Crippen molar-refractivity contribution in [1.29, 1.82) is 0 Å². The quantitative estimate of drug-likeness (QED) is 0.238. The van der Waals surface area contributed by atoms with Gasteiger partial charge < -0.3 is 20.4 Å². The molecule has 1 aliphatic rings. The molecule has 0 radical (unpaired) electrons. The Morgan fingerprint density at radius 1 is 1.15 bits per heavy atom. The third-order valence-corrected chi connectivity index (χ3v) is 6.66. The fraction of sp³-hybridized carbons (Fsp3) is 0.241. The summed E-state index contributed by atoms with van der Waals surface area (Å²) < 4.78 is 61.6. The van der Waals surface area contributed by atoms with Crippen molar-refractivity contribution in [3.63, 3.8) is 0 Å². The highest BCUT2D eigenvalue weighted by atomic mass is 19.4. The van der Waals surface area contributed by atoms with Crippen LogP contribution in [0.5, 0.6) is 0 Å². The maximum Gasteiger partial charge on any atom is 0.420 e. The lowest BCUT2D eigenvalue weighted by Crippen LogP contribution is -2.31. The highest BCUT2D eigenvalue weighted by Gasteiger charge is 2.37. The van der Waals surface area contributed by atoms with Crippen LogP contribution in [0, 0.1) is 0 Å². The van der Waals surface area contributed by atoms with E-state index >= 15 is 0 Å². The van der Waals surface area contributed by atoms with Gasteiger partial charge in [0.25, 0.3) is 5.91 Å². The van der Waals surface area contributed by atoms with Crippen LogP contribution in [0.25, 0.3) is 28.3 Å². The number of hydrogen-bond acceptors (Lipinski definition) is 6. The van der Waals surface area contributed by atoms with Crippen LogP contribution in [0.15, 0.2) is 65.4 Å². The summed E-state index contributed by atoms with van der Waals surface area (Å²) >= 11 is 0. The van der Waals surface area contributed by atoms with Gasteiger partial charge in [-0.15, -0.1) is 0 Å². The average molecular weight is 568 g/mol. The number of nitrogens with zero attached hydrogens (tertiary/aromatic N) is 3. The normalized spacial score (nSPS) is 17.4. The first-order chi connectivity index (χ1) is 19.4. The van der Waals surface area contributed by atoms with Gasteiger partial charge in [0.15, 0.2) is 0 Å². The third kappa shape index (κ3) is 6.37. The number of rotatable bonds is 6. The van der Waals surface area contributed by atoms with Crippen LogP contribution in [-0.4, -0.2) is 45.4 Å². The lowest BCUT2D eigenvalue weighted by atomic mass is 10.0. The SMILES string of the molecule is C[C@]1(F)CCN(C(=O)c2ccc(-c3cc(C(F)(F)F)c4oc(CNC(=O)C=Cc5ccc(N)nc5)cc4c3)nc2)C1. The second kappa shape index (κ2) is 10.7. The van der Waals surface area contributed by atoms with Crippen LogP contribution in [0.1, 0.15) is 40.6 Å². The van der Waals surface area contributed by atoms with E-state index in [1.807, 2.05) is 0 Å². The molecule has 1 aromatic carbocycles. The molecule has 1 atom stereocenters. The van der Waals surface area contributed by atoms with Crippen LogP contribution in [0.3, 0.4) is 0 Å². The summed E-state index contributed by atoms with van der Waals surface area (Å²) in [6, 6.07) is 10.0. The molecule has 0 unspecified atom stereocenters. The Balaban J connectivity index is 1.34. The molecule has 0 bridgehead atoms. The number of nitrogens with one attached hydrogen (secondary N) is 1. The summed E-state index contributed by atoms with van der Waals surface area (Å²) in [5, 5.41) is 2.74. The number of pyridine rings is 2. The molecule has 0 spiro atoms. The minimum atomic E-state index is -4.73. The lowest BCUT2D eigenvalue weighted by molar-refractivity contribution is -0.136. The largest absolute Gasteiger partial charge is 0.459 e. The number of benzene rings is 1. The molecule has 3 aromatic heterocycles. The van der Waals surface area contributed by atoms with E-state index in [1.54, 1.807) is 12.1 Å². The van der Waals surface area contributed by atoms with E-state index in [9.17, 15) is 27.2 Å². The van der Waals surface area contributed by atoms with Gasteiger partial charge in [-0.3, -0.25) is 14.6 Å². The molecule has 4 heterocycles. The van der Waals surface area contributed by atoms with Gasteiger partial charge in [0.1, 0.15) is 22.8 Å². The summed E-state index contributed by atoms with van der Waals surface area (Å²) in [6.07, 6.45) is 1.04. The van der Waals surface area contributed by atoms with E-state index in [0.29, 0.717) is 11.4 Å². The number of hydrogen-bond donors (Lipinski definition) is 2. The Hall–Kier alpha value is -4.74. The second-order valence-corrected chi connectivity index (χ2v) is 10.0. The summed E-state index contributed by atoms with van der Waals surface area (Å²) in [4.78, 5) is 34.4. The number of alkyl halides is 4. The number of fused-ring (bicyclic) bond motifs is 1. The van der Waals surface area contributed by atoms with Crippen molar-refractivity contribution >= 4 is 34.7 Å². The first kappa shape index (κ1) is 27.8. The number of furan rings is 1. The van der Waals surface area contributed by atoms with E-state index in [-0.39, 0.29) is 59.6 Å². The van der Waals surface area contributed by atoms with Gasteiger partial charge in [-0.2, -0.15) is 13.2 Å². The minimum absolute atomic E-state index is 0.0289. The van der Waals surface area contributed by atoms with Gasteiger partial charge in [0.2, 0.25) is 5.91 Å². The summed E-state index contributed by atoms with van der Waals surface area (Å²) in [7, 11) is 0. The van der Waals surface area contributed by atoms with Crippen LogP contribution in [0.2, 0.25) is 0 Å². The molecule has 3 N–H and O–H groups in total. The molecular weight excluding hydrogens is 542 g/mol. The van der Waals surface area contributed by atoms with Crippen molar-refractivity contribution in [3.05, 3.63) is 83.4 Å².